The van der Waals surface area contributed by atoms with Gasteiger partial charge in [0.05, 0.1) is 22.1 Å². The molecule has 3 aromatic rings. The molecule has 0 fully saturated rings. The van der Waals surface area contributed by atoms with E-state index in [0.717, 1.165) is 26.7 Å². The molecule has 5 nitrogen and oxygen atoms in total. The number of thiazole rings is 1. The van der Waals surface area contributed by atoms with E-state index >= 15 is 0 Å². The molecule has 0 atom stereocenters. The number of amides is 2. The average molecular weight is 415 g/mol. The van der Waals surface area contributed by atoms with Gasteiger partial charge in [-0.3, -0.25) is 5.32 Å². The largest absolute Gasteiger partial charge is 0.333 e. The highest BCUT2D eigenvalue weighted by Crippen LogP contribution is 2.35. The van der Waals surface area contributed by atoms with Crippen molar-refractivity contribution in [3.63, 3.8) is 0 Å². The number of halogens is 1. The van der Waals surface area contributed by atoms with E-state index in [1.807, 2.05) is 37.3 Å². The lowest BCUT2D eigenvalue weighted by atomic mass is 9.98. The Kier molecular flexibility index (Phi) is 6.01. The summed E-state index contributed by atoms with van der Waals surface area (Å²) in [4.78, 5) is 22.3. The molecule has 28 heavy (non-hydrogen) atoms. The van der Waals surface area contributed by atoms with Gasteiger partial charge in [0.25, 0.3) is 0 Å². The summed E-state index contributed by atoms with van der Waals surface area (Å²) in [7, 11) is 0. The van der Waals surface area contributed by atoms with Gasteiger partial charge in [-0.05, 0) is 30.7 Å². The molecular weight excluding hydrogens is 392 g/mol. The number of hydrogen-bond acceptors (Lipinski definition) is 4. The van der Waals surface area contributed by atoms with Crippen molar-refractivity contribution in [3.8, 4) is 11.3 Å². The Morgan fingerprint density at radius 1 is 1.21 bits per heavy atom. The molecule has 2 amide bonds. The summed E-state index contributed by atoms with van der Waals surface area (Å²) in [6.45, 7) is 8.69. The van der Waals surface area contributed by atoms with Crippen LogP contribution in [-0.2, 0) is 12.0 Å². The second-order valence-electron chi connectivity index (χ2n) is 7.58. The molecule has 3 rings (SSSR count). The first-order valence-corrected chi connectivity index (χ1v) is 10.2. The van der Waals surface area contributed by atoms with Crippen molar-refractivity contribution >= 4 is 34.8 Å². The van der Waals surface area contributed by atoms with Crippen molar-refractivity contribution in [1.29, 1.82) is 0 Å². The summed E-state index contributed by atoms with van der Waals surface area (Å²) in [6.07, 6.45) is 1.71. The number of carbonyl (C=O) groups excluding carboxylic acids is 1. The minimum Gasteiger partial charge on any atom is -0.333 e. The number of benzene rings is 1. The van der Waals surface area contributed by atoms with Crippen molar-refractivity contribution in [2.24, 2.45) is 0 Å². The van der Waals surface area contributed by atoms with E-state index in [1.165, 1.54) is 0 Å². The predicted octanol–water partition coefficient (Wildman–Crippen LogP) is 5.79. The molecule has 1 aromatic carbocycles. The number of aromatic nitrogens is 2. The summed E-state index contributed by atoms with van der Waals surface area (Å²) in [5.41, 5.74) is 2.75. The van der Waals surface area contributed by atoms with Crippen molar-refractivity contribution < 1.29 is 4.79 Å². The molecule has 146 valence electrons. The van der Waals surface area contributed by atoms with Crippen LogP contribution in [0.25, 0.3) is 11.3 Å². The smallest absolute Gasteiger partial charge is 0.320 e. The molecule has 0 unspecified atom stereocenters. The minimum atomic E-state index is -0.306. The number of anilines is 1. The lowest BCUT2D eigenvalue weighted by molar-refractivity contribution is 0.252. The maximum absolute atomic E-state index is 12.3. The molecule has 0 bridgehead atoms. The van der Waals surface area contributed by atoms with Crippen LogP contribution >= 0.6 is 22.9 Å². The Labute approximate surface area is 174 Å². The van der Waals surface area contributed by atoms with Gasteiger partial charge in [-0.15, -0.1) is 11.3 Å². The highest BCUT2D eigenvalue weighted by Gasteiger charge is 2.22. The first-order valence-electron chi connectivity index (χ1n) is 8.96. The van der Waals surface area contributed by atoms with Gasteiger partial charge in [-0.25, -0.2) is 14.8 Å². The fourth-order valence-electron chi connectivity index (χ4n) is 2.52. The number of hydrogen-bond donors (Lipinski definition) is 2. The van der Waals surface area contributed by atoms with Gasteiger partial charge in [-0.2, -0.15) is 0 Å². The molecule has 0 aliphatic carbocycles. The van der Waals surface area contributed by atoms with Crippen molar-refractivity contribution in [1.82, 2.24) is 15.3 Å². The third-order valence-corrected chi connectivity index (χ3v) is 5.72. The molecule has 0 aliphatic rings. The number of carbonyl (C=O) groups is 1. The zero-order valence-corrected chi connectivity index (χ0v) is 17.9. The van der Waals surface area contributed by atoms with Gasteiger partial charge in [0.15, 0.2) is 0 Å². The van der Waals surface area contributed by atoms with Crippen molar-refractivity contribution in [3.05, 3.63) is 63.1 Å². The third-order valence-electron chi connectivity index (χ3n) is 4.00. The fraction of sp³-hybridized carbons (Fsp3) is 0.286. The Morgan fingerprint density at radius 3 is 2.64 bits per heavy atom. The van der Waals surface area contributed by atoms with Crippen LogP contribution in [0.15, 0.2) is 42.6 Å². The van der Waals surface area contributed by atoms with Gasteiger partial charge < -0.3 is 5.32 Å². The zero-order chi connectivity index (χ0) is 20.3. The van der Waals surface area contributed by atoms with Crippen LogP contribution in [0.1, 0.15) is 36.2 Å². The van der Waals surface area contributed by atoms with Crippen LogP contribution in [0, 0.1) is 6.92 Å². The normalized spacial score (nSPS) is 11.3. The Bertz CT molecular complexity index is 977. The van der Waals surface area contributed by atoms with E-state index < -0.39 is 0 Å². The lowest BCUT2D eigenvalue weighted by Crippen LogP contribution is -2.28. The molecule has 0 spiro atoms. The number of pyridine rings is 1. The van der Waals surface area contributed by atoms with Crippen LogP contribution in [0.4, 0.5) is 10.6 Å². The van der Waals surface area contributed by atoms with Gasteiger partial charge in [-0.1, -0.05) is 50.6 Å². The van der Waals surface area contributed by atoms with E-state index in [2.05, 4.69) is 36.4 Å². The lowest BCUT2D eigenvalue weighted by Gasteiger charge is -2.13. The number of urea groups is 1. The van der Waals surface area contributed by atoms with Crippen LogP contribution < -0.4 is 10.6 Å². The van der Waals surface area contributed by atoms with Crippen molar-refractivity contribution in [2.75, 3.05) is 5.32 Å². The minimum absolute atomic E-state index is 0.0790. The average Bonchev–Trinajstić information content (AvgIpc) is 3.07. The molecule has 2 heterocycles. The summed E-state index contributed by atoms with van der Waals surface area (Å²) >= 11 is 7.77. The SMILES string of the molecule is Cc1ccc(NC(=O)NCc2sc(C(C)(C)C)nc2-c2cccc(Cl)c2)nc1. The van der Waals surface area contributed by atoms with Crippen molar-refractivity contribution in [2.45, 2.75) is 39.7 Å². The van der Waals surface area contributed by atoms with Gasteiger partial charge in [0.2, 0.25) is 0 Å². The monoisotopic (exact) mass is 414 g/mol. The van der Waals surface area contributed by atoms with Gasteiger partial charge in [0, 0.05) is 22.2 Å². The first kappa shape index (κ1) is 20.3. The Morgan fingerprint density at radius 2 is 2.00 bits per heavy atom. The first-order chi connectivity index (χ1) is 13.2. The fourth-order valence-corrected chi connectivity index (χ4v) is 3.79. The number of aryl methyl sites for hydroxylation is 1. The molecule has 0 saturated heterocycles. The number of rotatable bonds is 4. The summed E-state index contributed by atoms with van der Waals surface area (Å²) in [6, 6.07) is 11.0. The molecular formula is C21H23ClN4OS. The molecule has 2 aromatic heterocycles. The maximum atomic E-state index is 12.3. The number of nitrogens with zero attached hydrogens (tertiary/aromatic N) is 2. The number of nitrogens with one attached hydrogen (secondary N) is 2. The third kappa shape index (κ3) is 5.09. The summed E-state index contributed by atoms with van der Waals surface area (Å²) < 4.78 is 0. The molecule has 2 N–H and O–H groups in total. The Hall–Kier alpha value is -2.44. The zero-order valence-electron chi connectivity index (χ0n) is 16.3. The second kappa shape index (κ2) is 8.29. The van der Waals surface area contributed by atoms with Crippen LogP contribution in [-0.4, -0.2) is 16.0 Å². The molecule has 0 aliphatic heterocycles. The van der Waals surface area contributed by atoms with E-state index in [4.69, 9.17) is 16.6 Å². The topological polar surface area (TPSA) is 66.9 Å². The van der Waals surface area contributed by atoms with Gasteiger partial charge >= 0.3 is 6.03 Å². The standard InChI is InChI=1S/C21H23ClN4OS/c1-13-8-9-17(23-11-13)25-20(27)24-12-16-18(14-6-5-7-15(22)10-14)26-19(28-16)21(2,3)4/h5-11H,12H2,1-4H3,(H2,23,24,25,27). The molecule has 7 heteroatoms. The van der Waals surface area contributed by atoms with E-state index in [9.17, 15) is 4.79 Å². The van der Waals surface area contributed by atoms with Crippen LogP contribution in [0.5, 0.6) is 0 Å². The van der Waals surface area contributed by atoms with Gasteiger partial charge in [0.1, 0.15) is 5.82 Å². The van der Waals surface area contributed by atoms with E-state index in [0.29, 0.717) is 17.4 Å². The Balaban J connectivity index is 1.79. The highest BCUT2D eigenvalue weighted by atomic mass is 35.5. The predicted molar refractivity (Wildman–Crippen MR) is 116 cm³/mol. The quantitative estimate of drug-likeness (QED) is 0.568. The van der Waals surface area contributed by atoms with E-state index in [1.54, 1.807) is 23.6 Å². The van der Waals surface area contributed by atoms with E-state index in [-0.39, 0.29) is 11.4 Å². The molecule has 0 saturated carbocycles. The summed E-state index contributed by atoms with van der Waals surface area (Å²) in [5, 5.41) is 7.32. The maximum Gasteiger partial charge on any atom is 0.320 e. The highest BCUT2D eigenvalue weighted by molar-refractivity contribution is 7.12. The second-order valence-corrected chi connectivity index (χ2v) is 9.10. The van der Waals surface area contributed by atoms with Crippen LogP contribution in [0.3, 0.4) is 0 Å². The molecule has 0 radical (unpaired) electrons. The summed E-state index contributed by atoms with van der Waals surface area (Å²) in [5.74, 6) is 0.512. The van der Waals surface area contributed by atoms with Crippen LogP contribution in [0.2, 0.25) is 5.02 Å².